The maximum Gasteiger partial charge on any atom is 0.303 e. The van der Waals surface area contributed by atoms with Crippen molar-refractivity contribution in [3.05, 3.63) is 0 Å². The van der Waals surface area contributed by atoms with Gasteiger partial charge in [0.15, 0.2) is 0 Å². The molecule has 4 fully saturated rings. The Morgan fingerprint density at radius 3 is 2.45 bits per heavy atom. The van der Waals surface area contributed by atoms with E-state index in [1.54, 1.807) is 0 Å². The number of aliphatic carboxylic acids is 1. The molecule has 31 heavy (non-hydrogen) atoms. The van der Waals surface area contributed by atoms with Crippen molar-refractivity contribution in [3.8, 4) is 0 Å². The first kappa shape index (κ1) is 23.5. The molecule has 4 aliphatic rings. The third-order valence-corrected chi connectivity index (χ3v) is 10.9. The Hall–Kier alpha value is -0.610. The molecule has 0 heterocycles. The first-order valence-electron chi connectivity index (χ1n) is 13.1. The Labute approximate surface area is 189 Å². The molecule has 4 nitrogen and oxygen atoms in total. The second kappa shape index (κ2) is 8.97. The molecule has 10 atom stereocenters. The molecule has 0 aromatic carbocycles. The van der Waals surface area contributed by atoms with Gasteiger partial charge in [0, 0.05) is 20.1 Å². The summed E-state index contributed by atoms with van der Waals surface area (Å²) in [5.41, 5.74) is 0.781. The average Bonchev–Trinajstić information content (AvgIpc) is 3.09. The third-order valence-electron chi connectivity index (χ3n) is 10.9. The van der Waals surface area contributed by atoms with E-state index in [4.69, 9.17) is 9.47 Å². The number of carboxylic acid groups (broad SMARTS) is 1. The van der Waals surface area contributed by atoms with Crippen LogP contribution in [0.5, 0.6) is 0 Å². The van der Waals surface area contributed by atoms with Gasteiger partial charge in [-0.25, -0.2) is 0 Å². The van der Waals surface area contributed by atoms with Crippen molar-refractivity contribution >= 4 is 5.97 Å². The van der Waals surface area contributed by atoms with E-state index >= 15 is 0 Å². The molecule has 0 saturated heterocycles. The molecule has 4 saturated carbocycles. The van der Waals surface area contributed by atoms with E-state index in [0.717, 1.165) is 30.8 Å². The van der Waals surface area contributed by atoms with Gasteiger partial charge < -0.3 is 14.6 Å². The first-order chi connectivity index (χ1) is 14.7. The summed E-state index contributed by atoms with van der Waals surface area (Å²) in [7, 11) is 1.95. The van der Waals surface area contributed by atoms with Gasteiger partial charge in [-0.2, -0.15) is 0 Å². The molecule has 178 valence electrons. The van der Waals surface area contributed by atoms with E-state index in [9.17, 15) is 9.90 Å². The van der Waals surface area contributed by atoms with E-state index in [1.807, 2.05) is 7.11 Å². The van der Waals surface area contributed by atoms with Crippen LogP contribution in [0.1, 0.15) is 91.9 Å². The van der Waals surface area contributed by atoms with Gasteiger partial charge in [-0.3, -0.25) is 4.79 Å². The van der Waals surface area contributed by atoms with Crippen molar-refractivity contribution < 1.29 is 19.4 Å². The molecule has 0 bridgehead atoms. The standard InChI is InChI=1S/C27H46O4/c1-6-31-19-11-13-26(3)18(15-19)16-23(30-5)25-21-9-8-20(17(2)7-10-24(28)29)27(21,4)14-12-22(25)26/h17-23,25H,6-16H2,1-5H3,(H,28,29). The minimum absolute atomic E-state index is 0.311. The predicted octanol–water partition coefficient (Wildman–Crippen LogP) is 6.18. The molecule has 0 aromatic heterocycles. The molecule has 0 amide bonds. The van der Waals surface area contributed by atoms with Gasteiger partial charge in [-0.05, 0) is 111 Å². The summed E-state index contributed by atoms with van der Waals surface area (Å²) in [6, 6.07) is 0. The van der Waals surface area contributed by atoms with Crippen LogP contribution in [0.3, 0.4) is 0 Å². The Balaban J connectivity index is 1.55. The van der Waals surface area contributed by atoms with Crippen molar-refractivity contribution in [2.24, 2.45) is 46.3 Å². The molecule has 4 aliphatic carbocycles. The fraction of sp³-hybridized carbons (Fsp3) is 0.963. The molecule has 1 N–H and O–H groups in total. The van der Waals surface area contributed by atoms with Crippen LogP contribution in [-0.4, -0.2) is 37.0 Å². The van der Waals surface area contributed by atoms with Crippen LogP contribution in [0.15, 0.2) is 0 Å². The Kier molecular flexibility index (Phi) is 6.81. The predicted molar refractivity (Wildman–Crippen MR) is 123 cm³/mol. The largest absolute Gasteiger partial charge is 0.481 e. The smallest absolute Gasteiger partial charge is 0.303 e. The summed E-state index contributed by atoms with van der Waals surface area (Å²) in [6.07, 6.45) is 12.1. The summed E-state index contributed by atoms with van der Waals surface area (Å²) >= 11 is 0. The molecule has 4 rings (SSSR count). The minimum Gasteiger partial charge on any atom is -0.481 e. The fourth-order valence-electron chi connectivity index (χ4n) is 9.32. The van der Waals surface area contributed by atoms with Gasteiger partial charge in [0.25, 0.3) is 0 Å². The maximum atomic E-state index is 11.2. The van der Waals surface area contributed by atoms with Gasteiger partial charge in [0.1, 0.15) is 0 Å². The summed E-state index contributed by atoms with van der Waals surface area (Å²) in [4.78, 5) is 11.2. The lowest BCUT2D eigenvalue weighted by atomic mass is 9.43. The SMILES string of the molecule is CCOC1CCC2(C)C(C1)CC(OC)C1C2CCC2(C)C(C(C)CCC(=O)O)CCC12. The number of hydrogen-bond donors (Lipinski definition) is 1. The lowest BCUT2D eigenvalue weighted by Gasteiger charge is -2.63. The van der Waals surface area contributed by atoms with Crippen LogP contribution < -0.4 is 0 Å². The molecular formula is C27H46O4. The summed E-state index contributed by atoms with van der Waals surface area (Å²) < 4.78 is 12.3. The van der Waals surface area contributed by atoms with Gasteiger partial charge in [-0.1, -0.05) is 20.8 Å². The second-order valence-corrected chi connectivity index (χ2v) is 12.0. The number of carboxylic acids is 1. The molecule has 0 spiro atoms. The van der Waals surface area contributed by atoms with Crippen molar-refractivity contribution in [3.63, 3.8) is 0 Å². The van der Waals surface area contributed by atoms with Gasteiger partial charge in [0.2, 0.25) is 0 Å². The lowest BCUT2D eigenvalue weighted by Crippen LogP contribution is -2.59. The Morgan fingerprint density at radius 2 is 1.77 bits per heavy atom. The Morgan fingerprint density at radius 1 is 1.06 bits per heavy atom. The van der Waals surface area contributed by atoms with Crippen molar-refractivity contribution in [2.45, 2.75) is 104 Å². The molecule has 0 radical (unpaired) electrons. The summed E-state index contributed by atoms with van der Waals surface area (Å²) in [5, 5.41) is 9.19. The highest BCUT2D eigenvalue weighted by Crippen LogP contribution is 2.68. The molecule has 4 heteroatoms. The van der Waals surface area contributed by atoms with Gasteiger partial charge in [0.05, 0.1) is 12.2 Å². The van der Waals surface area contributed by atoms with Gasteiger partial charge in [-0.15, -0.1) is 0 Å². The highest BCUT2D eigenvalue weighted by atomic mass is 16.5. The average molecular weight is 435 g/mol. The van der Waals surface area contributed by atoms with Crippen LogP contribution >= 0.6 is 0 Å². The number of carbonyl (C=O) groups is 1. The van der Waals surface area contributed by atoms with E-state index in [2.05, 4.69) is 27.7 Å². The number of rotatable bonds is 7. The zero-order valence-electron chi connectivity index (χ0n) is 20.6. The van der Waals surface area contributed by atoms with Crippen molar-refractivity contribution in [2.75, 3.05) is 13.7 Å². The number of methoxy groups -OCH3 is 1. The lowest BCUT2D eigenvalue weighted by molar-refractivity contribution is -0.185. The van der Waals surface area contributed by atoms with Crippen LogP contribution in [0.4, 0.5) is 0 Å². The van der Waals surface area contributed by atoms with Gasteiger partial charge >= 0.3 is 5.97 Å². The van der Waals surface area contributed by atoms with E-state index < -0.39 is 5.97 Å². The maximum absolute atomic E-state index is 11.2. The highest BCUT2D eigenvalue weighted by Gasteiger charge is 2.63. The van der Waals surface area contributed by atoms with Crippen LogP contribution in [0.25, 0.3) is 0 Å². The minimum atomic E-state index is -0.649. The number of fused-ring (bicyclic) bond motifs is 5. The van der Waals surface area contributed by atoms with E-state index in [-0.39, 0.29) is 0 Å². The normalized spacial score (nSPS) is 47.8. The van der Waals surface area contributed by atoms with Crippen molar-refractivity contribution in [1.82, 2.24) is 0 Å². The summed E-state index contributed by atoms with van der Waals surface area (Å²) in [5.74, 6) is 3.40. The van der Waals surface area contributed by atoms with E-state index in [0.29, 0.717) is 47.2 Å². The summed E-state index contributed by atoms with van der Waals surface area (Å²) in [6.45, 7) is 10.4. The quantitative estimate of drug-likeness (QED) is 0.520. The second-order valence-electron chi connectivity index (χ2n) is 12.0. The fourth-order valence-corrected chi connectivity index (χ4v) is 9.32. The van der Waals surface area contributed by atoms with E-state index in [1.165, 1.54) is 51.4 Å². The highest BCUT2D eigenvalue weighted by molar-refractivity contribution is 5.66. The topological polar surface area (TPSA) is 55.8 Å². The zero-order valence-corrected chi connectivity index (χ0v) is 20.6. The monoisotopic (exact) mass is 434 g/mol. The molecule has 10 unspecified atom stereocenters. The first-order valence-corrected chi connectivity index (χ1v) is 13.1. The number of hydrogen-bond acceptors (Lipinski definition) is 3. The Bertz CT molecular complexity index is 649. The number of ether oxygens (including phenoxy) is 2. The van der Waals surface area contributed by atoms with Crippen molar-refractivity contribution in [1.29, 1.82) is 0 Å². The van der Waals surface area contributed by atoms with Crippen LogP contribution in [0, 0.1) is 46.3 Å². The third kappa shape index (κ3) is 3.98. The van der Waals surface area contributed by atoms with Crippen LogP contribution in [0.2, 0.25) is 0 Å². The van der Waals surface area contributed by atoms with Crippen LogP contribution in [-0.2, 0) is 14.3 Å². The molecule has 0 aliphatic heterocycles. The molecule has 0 aromatic rings. The zero-order chi connectivity index (χ0) is 22.4. The molecular weight excluding hydrogens is 388 g/mol.